The highest BCUT2D eigenvalue weighted by molar-refractivity contribution is 7.71. The maximum atomic E-state index is 5.44. The van der Waals surface area contributed by atoms with Crippen LogP contribution in [0.4, 0.5) is 0 Å². The van der Waals surface area contributed by atoms with Gasteiger partial charge in [-0.05, 0) is 38.2 Å². The lowest BCUT2D eigenvalue weighted by Crippen LogP contribution is -2.09. The van der Waals surface area contributed by atoms with E-state index < -0.39 is 0 Å². The van der Waals surface area contributed by atoms with E-state index in [0.717, 1.165) is 28.9 Å². The first kappa shape index (κ1) is 11.6. The highest BCUT2D eigenvalue weighted by Gasteiger charge is 2.14. The first-order valence-corrected chi connectivity index (χ1v) is 6.84. The summed E-state index contributed by atoms with van der Waals surface area (Å²) in [6, 6.07) is 8.29. The number of nitrogens with one attached hydrogen (secondary N) is 1. The molecule has 0 radical (unpaired) electrons. The SMILES string of the molecule is Cc1ccccc1-c1nc(=S)c2c([nH]1)CCCC2. The fourth-order valence-electron chi connectivity index (χ4n) is 2.59. The van der Waals surface area contributed by atoms with Gasteiger partial charge in [-0.3, -0.25) is 0 Å². The number of hydrogen-bond acceptors (Lipinski definition) is 2. The molecule has 0 unspecified atom stereocenters. The zero-order valence-electron chi connectivity index (χ0n) is 10.5. The van der Waals surface area contributed by atoms with Crippen molar-refractivity contribution in [2.75, 3.05) is 0 Å². The van der Waals surface area contributed by atoms with Gasteiger partial charge in [-0.15, -0.1) is 0 Å². The third-order valence-electron chi connectivity index (χ3n) is 3.61. The molecule has 0 atom stereocenters. The Bertz CT molecular complexity index is 643. The number of H-pyrrole nitrogens is 1. The van der Waals surface area contributed by atoms with Crippen LogP contribution in [0.25, 0.3) is 11.4 Å². The highest BCUT2D eigenvalue weighted by atomic mass is 32.1. The van der Waals surface area contributed by atoms with Crippen LogP contribution in [0.2, 0.25) is 0 Å². The van der Waals surface area contributed by atoms with Gasteiger partial charge in [0, 0.05) is 16.8 Å². The molecular weight excluding hydrogens is 240 g/mol. The quantitative estimate of drug-likeness (QED) is 0.781. The Balaban J connectivity index is 2.17. The Morgan fingerprint density at radius 2 is 1.94 bits per heavy atom. The molecule has 0 saturated heterocycles. The number of fused-ring (bicyclic) bond motifs is 1. The van der Waals surface area contributed by atoms with Crippen molar-refractivity contribution in [3.63, 3.8) is 0 Å². The van der Waals surface area contributed by atoms with Gasteiger partial charge in [-0.25, -0.2) is 4.98 Å². The summed E-state index contributed by atoms with van der Waals surface area (Å²) >= 11 is 5.44. The van der Waals surface area contributed by atoms with Crippen molar-refractivity contribution >= 4 is 12.2 Å². The summed E-state index contributed by atoms with van der Waals surface area (Å²) < 4.78 is 0.779. The van der Waals surface area contributed by atoms with E-state index in [2.05, 4.69) is 29.0 Å². The van der Waals surface area contributed by atoms with Crippen molar-refractivity contribution in [2.45, 2.75) is 32.6 Å². The summed E-state index contributed by atoms with van der Waals surface area (Å²) in [7, 11) is 0. The topological polar surface area (TPSA) is 28.7 Å². The molecule has 1 aromatic heterocycles. The molecule has 0 saturated carbocycles. The van der Waals surface area contributed by atoms with Crippen LogP contribution in [0.15, 0.2) is 24.3 Å². The van der Waals surface area contributed by atoms with Crippen LogP contribution in [0.3, 0.4) is 0 Å². The Morgan fingerprint density at radius 3 is 2.78 bits per heavy atom. The van der Waals surface area contributed by atoms with Gasteiger partial charge in [-0.1, -0.05) is 36.5 Å². The molecule has 18 heavy (non-hydrogen) atoms. The van der Waals surface area contributed by atoms with Gasteiger partial charge in [0.15, 0.2) is 0 Å². The van der Waals surface area contributed by atoms with E-state index in [1.165, 1.54) is 29.7 Å². The molecule has 0 fully saturated rings. The van der Waals surface area contributed by atoms with E-state index in [0.29, 0.717) is 0 Å². The number of rotatable bonds is 1. The first-order chi connectivity index (χ1) is 8.75. The Morgan fingerprint density at radius 1 is 1.17 bits per heavy atom. The Hall–Kier alpha value is -1.48. The predicted molar refractivity (Wildman–Crippen MR) is 76.2 cm³/mol. The second-order valence-electron chi connectivity index (χ2n) is 4.87. The third-order valence-corrected chi connectivity index (χ3v) is 3.95. The number of aromatic amines is 1. The molecule has 0 amide bonds. The van der Waals surface area contributed by atoms with Crippen molar-refractivity contribution < 1.29 is 0 Å². The van der Waals surface area contributed by atoms with Gasteiger partial charge < -0.3 is 4.98 Å². The Kier molecular flexibility index (Phi) is 3.00. The molecule has 92 valence electrons. The van der Waals surface area contributed by atoms with E-state index in [9.17, 15) is 0 Å². The van der Waals surface area contributed by atoms with Gasteiger partial charge in [0.05, 0.1) is 0 Å². The van der Waals surface area contributed by atoms with Crippen LogP contribution in [0, 0.1) is 11.6 Å². The van der Waals surface area contributed by atoms with Crippen LogP contribution in [-0.4, -0.2) is 9.97 Å². The van der Waals surface area contributed by atoms with Gasteiger partial charge in [-0.2, -0.15) is 0 Å². The summed E-state index contributed by atoms with van der Waals surface area (Å²) in [5.74, 6) is 0.916. The van der Waals surface area contributed by atoms with Gasteiger partial charge in [0.25, 0.3) is 0 Å². The molecule has 0 aliphatic heterocycles. The summed E-state index contributed by atoms with van der Waals surface area (Å²) in [6.45, 7) is 2.10. The minimum absolute atomic E-state index is 0.779. The minimum Gasteiger partial charge on any atom is -0.343 e. The predicted octanol–water partition coefficient (Wildman–Crippen LogP) is 3.99. The van der Waals surface area contributed by atoms with Gasteiger partial charge in [0.2, 0.25) is 0 Å². The maximum Gasteiger partial charge on any atom is 0.139 e. The zero-order valence-corrected chi connectivity index (χ0v) is 11.3. The average Bonchev–Trinajstić information content (AvgIpc) is 2.39. The molecular formula is C15H16N2S. The van der Waals surface area contributed by atoms with E-state index in [1.54, 1.807) is 0 Å². The van der Waals surface area contributed by atoms with Crippen LogP contribution in [0.1, 0.15) is 29.7 Å². The Labute approximate surface area is 112 Å². The summed E-state index contributed by atoms with van der Waals surface area (Å²) in [6.07, 6.45) is 4.65. The number of aryl methyl sites for hydroxylation is 2. The number of benzene rings is 1. The lowest BCUT2D eigenvalue weighted by Gasteiger charge is -2.17. The number of nitrogens with zero attached hydrogens (tertiary/aromatic N) is 1. The molecule has 1 N–H and O–H groups in total. The average molecular weight is 256 g/mol. The fourth-order valence-corrected chi connectivity index (χ4v) is 2.90. The van der Waals surface area contributed by atoms with Crippen molar-refractivity contribution in [1.82, 2.24) is 9.97 Å². The second-order valence-corrected chi connectivity index (χ2v) is 5.26. The molecule has 0 spiro atoms. The number of aromatic nitrogens is 2. The first-order valence-electron chi connectivity index (χ1n) is 6.44. The van der Waals surface area contributed by atoms with E-state index >= 15 is 0 Å². The molecule has 2 aromatic rings. The smallest absolute Gasteiger partial charge is 0.139 e. The lowest BCUT2D eigenvalue weighted by molar-refractivity contribution is 0.661. The summed E-state index contributed by atoms with van der Waals surface area (Å²) in [5, 5.41) is 0. The van der Waals surface area contributed by atoms with Crippen molar-refractivity contribution in [3.05, 3.63) is 45.7 Å². The van der Waals surface area contributed by atoms with E-state index in [4.69, 9.17) is 12.2 Å². The molecule has 2 nitrogen and oxygen atoms in total. The highest BCUT2D eigenvalue weighted by Crippen LogP contribution is 2.25. The molecule has 1 aliphatic rings. The largest absolute Gasteiger partial charge is 0.343 e. The molecule has 1 aromatic carbocycles. The fraction of sp³-hybridized carbons (Fsp3) is 0.333. The van der Waals surface area contributed by atoms with E-state index in [-0.39, 0.29) is 0 Å². The zero-order chi connectivity index (χ0) is 12.5. The van der Waals surface area contributed by atoms with Crippen LogP contribution < -0.4 is 0 Å². The van der Waals surface area contributed by atoms with Crippen LogP contribution in [0.5, 0.6) is 0 Å². The lowest BCUT2D eigenvalue weighted by atomic mass is 9.97. The van der Waals surface area contributed by atoms with Crippen molar-refractivity contribution in [3.8, 4) is 11.4 Å². The second kappa shape index (κ2) is 4.65. The molecule has 0 bridgehead atoms. The normalized spacial score (nSPS) is 14.3. The number of hydrogen-bond donors (Lipinski definition) is 1. The summed E-state index contributed by atoms with van der Waals surface area (Å²) in [4.78, 5) is 8.06. The van der Waals surface area contributed by atoms with Crippen molar-refractivity contribution in [2.24, 2.45) is 0 Å². The van der Waals surface area contributed by atoms with E-state index in [1.807, 2.05) is 12.1 Å². The molecule has 3 heteroatoms. The molecule has 1 aliphatic carbocycles. The summed E-state index contributed by atoms with van der Waals surface area (Å²) in [5.41, 5.74) is 4.93. The van der Waals surface area contributed by atoms with Crippen molar-refractivity contribution in [1.29, 1.82) is 0 Å². The minimum atomic E-state index is 0.779. The third kappa shape index (κ3) is 1.99. The molecule has 1 heterocycles. The van der Waals surface area contributed by atoms with Gasteiger partial charge >= 0.3 is 0 Å². The van der Waals surface area contributed by atoms with Crippen LogP contribution >= 0.6 is 12.2 Å². The maximum absolute atomic E-state index is 5.44. The van der Waals surface area contributed by atoms with Gasteiger partial charge in [0.1, 0.15) is 10.5 Å². The molecule has 3 rings (SSSR count). The monoisotopic (exact) mass is 256 g/mol. The standard InChI is InChI=1S/C15H16N2S/c1-10-6-2-3-7-11(10)14-16-13-9-5-4-8-12(13)15(18)17-14/h2-3,6-7H,4-5,8-9H2,1H3,(H,16,17,18). The van der Waals surface area contributed by atoms with Crippen LogP contribution in [-0.2, 0) is 12.8 Å².